The molecule has 1 saturated heterocycles. The molecular weight excluding hydrogens is 309 g/mol. The summed E-state index contributed by atoms with van der Waals surface area (Å²) in [5, 5.41) is 3.33. The molecule has 120 valence electrons. The standard InChI is InChI=1S/C15H23N3O.2ClH/c1-18(11-6-13-2-7-16-8-3-13)15(19)12-14-4-9-17-10-5-14;;/h2-3,7-8,14,17H,4-6,9-12H2,1H3;2*1H. The Morgan fingerprint density at radius 2 is 1.90 bits per heavy atom. The Morgan fingerprint density at radius 1 is 1.29 bits per heavy atom. The lowest BCUT2D eigenvalue weighted by molar-refractivity contribution is -0.131. The van der Waals surface area contributed by atoms with Crippen molar-refractivity contribution in [2.75, 3.05) is 26.7 Å². The van der Waals surface area contributed by atoms with Gasteiger partial charge in [-0.05, 0) is 56.0 Å². The van der Waals surface area contributed by atoms with Gasteiger partial charge in [0.05, 0.1) is 0 Å². The smallest absolute Gasteiger partial charge is 0.222 e. The van der Waals surface area contributed by atoms with E-state index in [-0.39, 0.29) is 30.7 Å². The molecule has 21 heavy (non-hydrogen) atoms. The highest BCUT2D eigenvalue weighted by Gasteiger charge is 2.18. The molecule has 1 amide bonds. The number of nitrogens with one attached hydrogen (secondary N) is 1. The van der Waals surface area contributed by atoms with Gasteiger partial charge in [0, 0.05) is 32.4 Å². The second-order valence-corrected chi connectivity index (χ2v) is 5.32. The molecule has 2 rings (SSSR count). The molecule has 0 unspecified atom stereocenters. The van der Waals surface area contributed by atoms with Crippen molar-refractivity contribution in [2.45, 2.75) is 25.7 Å². The average Bonchev–Trinajstić information content (AvgIpc) is 2.47. The molecule has 0 atom stereocenters. The number of halogens is 2. The Morgan fingerprint density at radius 3 is 2.52 bits per heavy atom. The summed E-state index contributed by atoms with van der Waals surface area (Å²) in [5.74, 6) is 0.845. The van der Waals surface area contributed by atoms with E-state index in [2.05, 4.69) is 10.3 Å². The van der Waals surface area contributed by atoms with Crippen LogP contribution in [0.5, 0.6) is 0 Å². The third-order valence-electron chi connectivity index (χ3n) is 3.83. The van der Waals surface area contributed by atoms with E-state index in [0.717, 1.165) is 38.9 Å². The molecule has 0 aliphatic carbocycles. The minimum atomic E-state index is 0. The normalized spacial score (nSPS) is 14.7. The third-order valence-corrected chi connectivity index (χ3v) is 3.83. The number of hydrogen-bond donors (Lipinski definition) is 1. The number of carbonyl (C=O) groups is 1. The molecule has 1 aliphatic rings. The lowest BCUT2D eigenvalue weighted by atomic mass is 9.94. The average molecular weight is 334 g/mol. The van der Waals surface area contributed by atoms with Gasteiger partial charge in [0.25, 0.3) is 0 Å². The Hall–Kier alpha value is -0.840. The van der Waals surface area contributed by atoms with Gasteiger partial charge < -0.3 is 10.2 Å². The highest BCUT2D eigenvalue weighted by molar-refractivity contribution is 5.85. The number of piperidine rings is 1. The van der Waals surface area contributed by atoms with Crippen LogP contribution >= 0.6 is 24.8 Å². The highest BCUT2D eigenvalue weighted by atomic mass is 35.5. The minimum Gasteiger partial charge on any atom is -0.345 e. The molecule has 1 fully saturated rings. The van der Waals surface area contributed by atoms with Gasteiger partial charge in [-0.1, -0.05) is 0 Å². The van der Waals surface area contributed by atoms with Crippen LogP contribution in [0.3, 0.4) is 0 Å². The maximum Gasteiger partial charge on any atom is 0.222 e. The van der Waals surface area contributed by atoms with Crippen LogP contribution in [0.15, 0.2) is 24.5 Å². The van der Waals surface area contributed by atoms with Crippen LogP contribution in [0.1, 0.15) is 24.8 Å². The van der Waals surface area contributed by atoms with Gasteiger partial charge in [-0.3, -0.25) is 9.78 Å². The Labute approximate surface area is 139 Å². The second-order valence-electron chi connectivity index (χ2n) is 5.32. The first-order valence-corrected chi connectivity index (χ1v) is 7.09. The van der Waals surface area contributed by atoms with Crippen LogP contribution < -0.4 is 5.32 Å². The molecule has 1 N–H and O–H groups in total. The lowest BCUT2D eigenvalue weighted by Gasteiger charge is -2.25. The number of likely N-dealkylation sites (N-methyl/N-ethyl adjacent to an activating group) is 1. The predicted molar refractivity (Wildman–Crippen MR) is 90.3 cm³/mol. The first-order chi connectivity index (χ1) is 9.25. The summed E-state index contributed by atoms with van der Waals surface area (Å²) in [6.07, 6.45) is 7.46. The number of rotatable bonds is 5. The van der Waals surface area contributed by atoms with Crippen molar-refractivity contribution in [1.82, 2.24) is 15.2 Å². The largest absolute Gasteiger partial charge is 0.345 e. The molecule has 6 heteroatoms. The number of carbonyl (C=O) groups excluding carboxylic acids is 1. The monoisotopic (exact) mass is 333 g/mol. The van der Waals surface area contributed by atoms with Crippen LogP contribution in [0.2, 0.25) is 0 Å². The van der Waals surface area contributed by atoms with E-state index in [0.29, 0.717) is 12.3 Å². The maximum atomic E-state index is 12.1. The zero-order valence-electron chi connectivity index (χ0n) is 12.5. The summed E-state index contributed by atoms with van der Waals surface area (Å²) in [6.45, 7) is 2.89. The first kappa shape index (κ1) is 20.2. The molecule has 1 aromatic heterocycles. The van der Waals surface area contributed by atoms with Gasteiger partial charge in [-0.2, -0.15) is 0 Å². The number of amides is 1. The number of aromatic nitrogens is 1. The molecule has 0 radical (unpaired) electrons. The van der Waals surface area contributed by atoms with Gasteiger partial charge in [-0.15, -0.1) is 24.8 Å². The predicted octanol–water partition coefficient (Wildman–Crippen LogP) is 2.32. The topological polar surface area (TPSA) is 45.2 Å². The van der Waals surface area contributed by atoms with Crippen molar-refractivity contribution in [3.63, 3.8) is 0 Å². The fourth-order valence-corrected chi connectivity index (χ4v) is 2.46. The minimum absolute atomic E-state index is 0. The molecule has 0 spiro atoms. The summed E-state index contributed by atoms with van der Waals surface area (Å²) in [6, 6.07) is 4.01. The van der Waals surface area contributed by atoms with Crippen LogP contribution in [0.4, 0.5) is 0 Å². The van der Waals surface area contributed by atoms with Crippen molar-refractivity contribution in [3.8, 4) is 0 Å². The quantitative estimate of drug-likeness (QED) is 0.899. The molecule has 0 aromatic carbocycles. The number of hydrogen-bond acceptors (Lipinski definition) is 3. The van der Waals surface area contributed by atoms with E-state index < -0.39 is 0 Å². The van der Waals surface area contributed by atoms with E-state index in [1.807, 2.05) is 24.1 Å². The van der Waals surface area contributed by atoms with Crippen molar-refractivity contribution in [3.05, 3.63) is 30.1 Å². The third kappa shape index (κ3) is 7.11. The van der Waals surface area contributed by atoms with E-state index in [4.69, 9.17) is 0 Å². The fraction of sp³-hybridized carbons (Fsp3) is 0.600. The number of nitrogens with zero attached hydrogens (tertiary/aromatic N) is 2. The lowest BCUT2D eigenvalue weighted by Crippen LogP contribution is -2.34. The second kappa shape index (κ2) is 10.8. The summed E-state index contributed by atoms with van der Waals surface area (Å²) >= 11 is 0. The van der Waals surface area contributed by atoms with Gasteiger partial charge in [0.2, 0.25) is 5.91 Å². The van der Waals surface area contributed by atoms with Gasteiger partial charge in [0.1, 0.15) is 0 Å². The van der Waals surface area contributed by atoms with E-state index in [1.54, 1.807) is 12.4 Å². The first-order valence-electron chi connectivity index (χ1n) is 7.09. The van der Waals surface area contributed by atoms with Gasteiger partial charge in [-0.25, -0.2) is 0 Å². The van der Waals surface area contributed by atoms with Gasteiger partial charge in [0.15, 0.2) is 0 Å². The number of pyridine rings is 1. The van der Waals surface area contributed by atoms with Crippen LogP contribution in [0, 0.1) is 5.92 Å². The zero-order valence-corrected chi connectivity index (χ0v) is 14.1. The maximum absolute atomic E-state index is 12.1. The summed E-state index contributed by atoms with van der Waals surface area (Å²) in [5.41, 5.74) is 1.23. The molecular formula is C15H25Cl2N3O. The zero-order chi connectivity index (χ0) is 13.5. The van der Waals surface area contributed by atoms with Crippen LogP contribution in [-0.2, 0) is 11.2 Å². The van der Waals surface area contributed by atoms with E-state index in [1.165, 1.54) is 5.56 Å². The summed E-state index contributed by atoms with van der Waals surface area (Å²) in [4.78, 5) is 18.0. The Bertz CT molecular complexity index is 397. The summed E-state index contributed by atoms with van der Waals surface area (Å²) < 4.78 is 0. The SMILES string of the molecule is CN(CCc1ccncc1)C(=O)CC1CCNCC1.Cl.Cl. The van der Waals surface area contributed by atoms with Crippen LogP contribution in [0.25, 0.3) is 0 Å². The van der Waals surface area contributed by atoms with Crippen molar-refractivity contribution < 1.29 is 4.79 Å². The highest BCUT2D eigenvalue weighted by Crippen LogP contribution is 2.16. The van der Waals surface area contributed by atoms with E-state index in [9.17, 15) is 4.79 Å². The Kier molecular flexibility index (Phi) is 10.4. The summed E-state index contributed by atoms with van der Waals surface area (Å²) in [7, 11) is 1.91. The van der Waals surface area contributed by atoms with Crippen LogP contribution in [-0.4, -0.2) is 42.5 Å². The molecule has 0 bridgehead atoms. The molecule has 0 saturated carbocycles. The van der Waals surface area contributed by atoms with Gasteiger partial charge >= 0.3 is 0 Å². The van der Waals surface area contributed by atoms with Crippen molar-refractivity contribution in [2.24, 2.45) is 5.92 Å². The molecule has 2 heterocycles. The fourth-order valence-electron chi connectivity index (χ4n) is 2.46. The Balaban J connectivity index is 0.00000200. The van der Waals surface area contributed by atoms with Crippen molar-refractivity contribution >= 4 is 30.7 Å². The van der Waals surface area contributed by atoms with E-state index >= 15 is 0 Å². The van der Waals surface area contributed by atoms with Crippen molar-refractivity contribution in [1.29, 1.82) is 0 Å². The molecule has 4 nitrogen and oxygen atoms in total. The molecule has 1 aliphatic heterocycles. The molecule has 1 aromatic rings.